The van der Waals surface area contributed by atoms with E-state index in [4.69, 9.17) is 11.6 Å². The second kappa shape index (κ2) is 7.09. The van der Waals surface area contributed by atoms with Crippen LogP contribution in [0.15, 0.2) is 12.3 Å². The average molecular weight is 311 g/mol. The van der Waals surface area contributed by atoms with E-state index in [0.717, 1.165) is 32.7 Å². The van der Waals surface area contributed by atoms with Crippen LogP contribution in [0.25, 0.3) is 0 Å². The Hall–Kier alpha value is -1.33. The molecule has 116 valence electrons. The molecule has 1 aromatic rings. The lowest BCUT2D eigenvalue weighted by molar-refractivity contribution is 0.0528. The summed E-state index contributed by atoms with van der Waals surface area (Å²) in [7, 11) is 0. The molecule has 1 aliphatic rings. The molecule has 1 aliphatic heterocycles. The number of piperazine rings is 1. The Balaban J connectivity index is 2.15. The van der Waals surface area contributed by atoms with Gasteiger partial charge in [0, 0.05) is 38.4 Å². The monoisotopic (exact) mass is 310 g/mol. The first-order valence-electron chi connectivity index (χ1n) is 7.49. The van der Waals surface area contributed by atoms with E-state index in [1.807, 2.05) is 11.8 Å². The Morgan fingerprint density at radius 2 is 2.24 bits per heavy atom. The Kier molecular flexibility index (Phi) is 5.42. The van der Waals surface area contributed by atoms with Crippen molar-refractivity contribution < 1.29 is 4.79 Å². The molecule has 0 saturated carbocycles. The van der Waals surface area contributed by atoms with Gasteiger partial charge < -0.3 is 10.2 Å². The predicted octanol–water partition coefficient (Wildman–Crippen LogP) is 2.33. The van der Waals surface area contributed by atoms with E-state index in [9.17, 15) is 4.79 Å². The molecule has 0 aromatic carbocycles. The van der Waals surface area contributed by atoms with Crippen LogP contribution in [0.2, 0.25) is 5.02 Å². The van der Waals surface area contributed by atoms with Gasteiger partial charge in [-0.05, 0) is 26.5 Å². The molecule has 1 atom stereocenters. The summed E-state index contributed by atoms with van der Waals surface area (Å²) in [6.07, 6.45) is 1.54. The van der Waals surface area contributed by atoms with Gasteiger partial charge in [0.25, 0.3) is 5.91 Å². The minimum atomic E-state index is -0.0100. The summed E-state index contributed by atoms with van der Waals surface area (Å²) in [6, 6.07) is 2.12. The summed E-state index contributed by atoms with van der Waals surface area (Å²) < 4.78 is 0. The Morgan fingerprint density at radius 3 is 2.86 bits per heavy atom. The summed E-state index contributed by atoms with van der Waals surface area (Å²) in [6.45, 7) is 10.5. The molecule has 0 radical (unpaired) electrons. The predicted molar refractivity (Wildman–Crippen MR) is 86.0 cm³/mol. The van der Waals surface area contributed by atoms with Crippen LogP contribution in [0.1, 0.15) is 31.1 Å². The molecule has 2 rings (SSSR count). The lowest BCUT2D eigenvalue weighted by Crippen LogP contribution is -2.53. The van der Waals surface area contributed by atoms with E-state index < -0.39 is 0 Å². The van der Waals surface area contributed by atoms with E-state index in [2.05, 4.69) is 29.0 Å². The first-order chi connectivity index (χ1) is 10.1. The molecule has 1 N–H and O–H groups in total. The van der Waals surface area contributed by atoms with Crippen LogP contribution in [0.4, 0.5) is 5.82 Å². The Labute approximate surface area is 131 Å². The van der Waals surface area contributed by atoms with Crippen molar-refractivity contribution in [2.24, 2.45) is 0 Å². The number of likely N-dealkylation sites (N-methyl/N-ethyl adjacent to an activating group) is 1. The smallest absolute Gasteiger partial charge is 0.255 e. The SMILES string of the molecule is CCNc1cc(C(=O)N2CCN(CC)C(C)C2)c(Cl)cn1. The van der Waals surface area contributed by atoms with Crippen molar-refractivity contribution in [1.29, 1.82) is 0 Å². The normalized spacial score (nSPS) is 19.6. The summed E-state index contributed by atoms with van der Waals surface area (Å²) in [5.41, 5.74) is 0.528. The number of pyridine rings is 1. The van der Waals surface area contributed by atoms with Gasteiger partial charge in [0.05, 0.1) is 10.6 Å². The molecule has 1 unspecified atom stereocenters. The van der Waals surface area contributed by atoms with E-state index in [0.29, 0.717) is 22.4 Å². The number of anilines is 1. The van der Waals surface area contributed by atoms with Gasteiger partial charge >= 0.3 is 0 Å². The quantitative estimate of drug-likeness (QED) is 0.927. The van der Waals surface area contributed by atoms with Gasteiger partial charge in [-0.1, -0.05) is 18.5 Å². The van der Waals surface area contributed by atoms with Crippen molar-refractivity contribution in [3.05, 3.63) is 22.8 Å². The minimum absolute atomic E-state index is 0.0100. The summed E-state index contributed by atoms with van der Waals surface area (Å²) in [4.78, 5) is 21.1. The minimum Gasteiger partial charge on any atom is -0.370 e. The molecule has 0 aliphatic carbocycles. The lowest BCUT2D eigenvalue weighted by Gasteiger charge is -2.39. The molecule has 2 heterocycles. The van der Waals surface area contributed by atoms with E-state index in [1.165, 1.54) is 0 Å². The van der Waals surface area contributed by atoms with Gasteiger partial charge in [-0.25, -0.2) is 4.98 Å². The van der Waals surface area contributed by atoms with Crippen LogP contribution < -0.4 is 5.32 Å². The van der Waals surface area contributed by atoms with Gasteiger partial charge in [-0.2, -0.15) is 0 Å². The topological polar surface area (TPSA) is 48.5 Å². The van der Waals surface area contributed by atoms with Crippen LogP contribution in [-0.4, -0.2) is 59.5 Å². The molecular formula is C15H23ClN4O. The fourth-order valence-corrected chi connectivity index (χ4v) is 2.88. The molecule has 21 heavy (non-hydrogen) atoms. The first-order valence-corrected chi connectivity index (χ1v) is 7.87. The van der Waals surface area contributed by atoms with Crippen molar-refractivity contribution in [2.45, 2.75) is 26.8 Å². The molecule has 6 heteroatoms. The number of aromatic nitrogens is 1. The van der Waals surface area contributed by atoms with Gasteiger partial charge in [0.1, 0.15) is 5.82 Å². The van der Waals surface area contributed by atoms with Crippen molar-refractivity contribution in [2.75, 3.05) is 38.0 Å². The average Bonchev–Trinajstić information content (AvgIpc) is 2.48. The van der Waals surface area contributed by atoms with Gasteiger partial charge in [0.2, 0.25) is 0 Å². The van der Waals surface area contributed by atoms with Crippen molar-refractivity contribution in [3.63, 3.8) is 0 Å². The van der Waals surface area contributed by atoms with Gasteiger partial charge in [-0.15, -0.1) is 0 Å². The summed E-state index contributed by atoms with van der Waals surface area (Å²) in [5, 5.41) is 3.52. The van der Waals surface area contributed by atoms with E-state index in [-0.39, 0.29) is 5.91 Å². The van der Waals surface area contributed by atoms with Gasteiger partial charge in [-0.3, -0.25) is 9.69 Å². The number of nitrogens with one attached hydrogen (secondary N) is 1. The second-order valence-electron chi connectivity index (χ2n) is 5.31. The maximum Gasteiger partial charge on any atom is 0.255 e. The van der Waals surface area contributed by atoms with Crippen molar-refractivity contribution >= 4 is 23.3 Å². The van der Waals surface area contributed by atoms with Crippen LogP contribution >= 0.6 is 11.6 Å². The van der Waals surface area contributed by atoms with Gasteiger partial charge in [0.15, 0.2) is 0 Å². The number of hydrogen-bond acceptors (Lipinski definition) is 4. The largest absolute Gasteiger partial charge is 0.370 e. The van der Waals surface area contributed by atoms with E-state index >= 15 is 0 Å². The zero-order valence-corrected chi connectivity index (χ0v) is 13.7. The molecule has 0 bridgehead atoms. The van der Waals surface area contributed by atoms with Crippen molar-refractivity contribution in [3.8, 4) is 0 Å². The highest BCUT2D eigenvalue weighted by molar-refractivity contribution is 6.33. The molecule has 5 nitrogen and oxygen atoms in total. The number of carbonyl (C=O) groups excluding carboxylic acids is 1. The number of amides is 1. The number of carbonyl (C=O) groups is 1. The highest BCUT2D eigenvalue weighted by atomic mass is 35.5. The Morgan fingerprint density at radius 1 is 1.48 bits per heavy atom. The number of rotatable bonds is 4. The van der Waals surface area contributed by atoms with Crippen LogP contribution in [-0.2, 0) is 0 Å². The van der Waals surface area contributed by atoms with Crippen molar-refractivity contribution in [1.82, 2.24) is 14.8 Å². The highest BCUT2D eigenvalue weighted by Gasteiger charge is 2.27. The summed E-state index contributed by atoms with van der Waals surface area (Å²) >= 11 is 6.15. The van der Waals surface area contributed by atoms with Crippen LogP contribution in [0.5, 0.6) is 0 Å². The molecule has 1 fully saturated rings. The number of nitrogens with zero attached hydrogens (tertiary/aromatic N) is 3. The van der Waals surface area contributed by atoms with Crippen LogP contribution in [0.3, 0.4) is 0 Å². The summed E-state index contributed by atoms with van der Waals surface area (Å²) in [5.74, 6) is 0.676. The third kappa shape index (κ3) is 3.66. The molecule has 1 amide bonds. The molecule has 1 saturated heterocycles. The standard InChI is InChI=1S/C15H23ClN4O/c1-4-17-14-8-12(13(16)9-18-14)15(21)20-7-6-19(5-2)11(3)10-20/h8-9,11H,4-7,10H2,1-3H3,(H,17,18). The first kappa shape index (κ1) is 16.0. The maximum absolute atomic E-state index is 12.7. The lowest BCUT2D eigenvalue weighted by atomic mass is 10.1. The fraction of sp³-hybridized carbons (Fsp3) is 0.600. The maximum atomic E-state index is 12.7. The zero-order chi connectivity index (χ0) is 15.4. The zero-order valence-electron chi connectivity index (χ0n) is 12.9. The molecular weight excluding hydrogens is 288 g/mol. The fourth-order valence-electron chi connectivity index (χ4n) is 2.70. The Bertz CT molecular complexity index is 508. The van der Waals surface area contributed by atoms with Crippen LogP contribution in [0, 0.1) is 0 Å². The number of halogens is 1. The molecule has 0 spiro atoms. The highest BCUT2D eigenvalue weighted by Crippen LogP contribution is 2.21. The number of hydrogen-bond donors (Lipinski definition) is 1. The molecule has 1 aromatic heterocycles. The third-order valence-corrected chi connectivity index (χ3v) is 4.20. The third-order valence-electron chi connectivity index (χ3n) is 3.90. The second-order valence-corrected chi connectivity index (χ2v) is 5.72. The van der Waals surface area contributed by atoms with E-state index in [1.54, 1.807) is 12.3 Å².